The van der Waals surface area contributed by atoms with Crippen molar-refractivity contribution in [2.75, 3.05) is 6.54 Å². The van der Waals surface area contributed by atoms with Gasteiger partial charge in [0, 0.05) is 19.1 Å². The van der Waals surface area contributed by atoms with Gasteiger partial charge in [-0.2, -0.15) is 0 Å². The Kier molecular flexibility index (Phi) is 7.44. The van der Waals surface area contributed by atoms with Crippen LogP contribution < -0.4 is 5.73 Å². The predicted molar refractivity (Wildman–Crippen MR) is 89.0 cm³/mol. The third-order valence-electron chi connectivity index (χ3n) is 3.88. The van der Waals surface area contributed by atoms with E-state index in [2.05, 4.69) is 32.6 Å². The van der Waals surface area contributed by atoms with Gasteiger partial charge in [-0.05, 0) is 29.9 Å². The summed E-state index contributed by atoms with van der Waals surface area (Å²) in [6, 6.07) is 8.39. The van der Waals surface area contributed by atoms with Crippen molar-refractivity contribution in [1.82, 2.24) is 4.90 Å². The topological polar surface area (TPSA) is 46.3 Å². The molecule has 0 heterocycles. The van der Waals surface area contributed by atoms with Crippen LogP contribution in [-0.2, 0) is 17.8 Å². The van der Waals surface area contributed by atoms with E-state index in [1.54, 1.807) is 0 Å². The second-order valence-electron chi connectivity index (χ2n) is 6.11. The number of amides is 1. The minimum Gasteiger partial charge on any atom is -0.339 e. The lowest BCUT2D eigenvalue weighted by Gasteiger charge is -2.32. The highest BCUT2D eigenvalue weighted by molar-refractivity contribution is 5.79. The summed E-state index contributed by atoms with van der Waals surface area (Å²) in [5.74, 6) is 0.729. The smallest absolute Gasteiger partial charge is 0.227 e. The van der Waals surface area contributed by atoms with Gasteiger partial charge in [-0.25, -0.2) is 0 Å². The van der Waals surface area contributed by atoms with Gasteiger partial charge < -0.3 is 10.6 Å². The van der Waals surface area contributed by atoms with E-state index in [1.165, 1.54) is 0 Å². The fraction of sp³-hybridized carbons (Fsp3) is 0.611. The normalized spacial score (nSPS) is 11.2. The van der Waals surface area contributed by atoms with Crippen LogP contribution in [0.5, 0.6) is 0 Å². The van der Waals surface area contributed by atoms with Crippen molar-refractivity contribution in [3.05, 3.63) is 35.4 Å². The van der Waals surface area contributed by atoms with E-state index in [9.17, 15) is 4.79 Å². The molecule has 3 heteroatoms. The van der Waals surface area contributed by atoms with Gasteiger partial charge in [-0.1, -0.05) is 52.0 Å². The molecule has 1 aromatic carbocycles. The standard InChI is InChI=1S/C18H30N2O/c1-5-17(6-2)20(13-14(3)4)18(21)11-15-7-9-16(12-19)10-8-15/h7-10,14,17H,5-6,11-13,19H2,1-4H3. The fourth-order valence-electron chi connectivity index (χ4n) is 2.65. The second-order valence-corrected chi connectivity index (χ2v) is 6.11. The molecule has 0 aliphatic heterocycles. The maximum Gasteiger partial charge on any atom is 0.227 e. The van der Waals surface area contributed by atoms with Gasteiger partial charge >= 0.3 is 0 Å². The van der Waals surface area contributed by atoms with Gasteiger partial charge in [0.1, 0.15) is 0 Å². The first-order chi connectivity index (χ1) is 10.0. The van der Waals surface area contributed by atoms with E-state index in [0.717, 1.165) is 30.5 Å². The minimum absolute atomic E-state index is 0.234. The molecular weight excluding hydrogens is 260 g/mol. The van der Waals surface area contributed by atoms with Crippen LogP contribution in [0, 0.1) is 5.92 Å². The van der Waals surface area contributed by atoms with Crippen molar-refractivity contribution in [2.24, 2.45) is 11.7 Å². The van der Waals surface area contributed by atoms with E-state index in [4.69, 9.17) is 5.73 Å². The molecule has 21 heavy (non-hydrogen) atoms. The van der Waals surface area contributed by atoms with Crippen LogP contribution in [0.15, 0.2) is 24.3 Å². The molecular formula is C18H30N2O. The number of carbonyl (C=O) groups excluding carboxylic acids is 1. The first kappa shape index (κ1) is 17.7. The number of nitrogens with two attached hydrogens (primary N) is 1. The molecule has 0 bridgehead atoms. The van der Waals surface area contributed by atoms with E-state index >= 15 is 0 Å². The van der Waals surface area contributed by atoms with Gasteiger partial charge in [0.2, 0.25) is 5.91 Å². The highest BCUT2D eigenvalue weighted by atomic mass is 16.2. The summed E-state index contributed by atoms with van der Waals surface area (Å²) in [6.07, 6.45) is 2.51. The largest absolute Gasteiger partial charge is 0.339 e. The minimum atomic E-state index is 0.234. The van der Waals surface area contributed by atoms with Crippen LogP contribution in [0.25, 0.3) is 0 Å². The van der Waals surface area contributed by atoms with Gasteiger partial charge in [-0.15, -0.1) is 0 Å². The third-order valence-corrected chi connectivity index (χ3v) is 3.88. The lowest BCUT2D eigenvalue weighted by Crippen LogP contribution is -2.42. The summed E-state index contributed by atoms with van der Waals surface area (Å²) in [5, 5.41) is 0. The molecule has 0 aliphatic rings. The van der Waals surface area contributed by atoms with Gasteiger partial charge in [0.15, 0.2) is 0 Å². The summed E-state index contributed by atoms with van der Waals surface area (Å²) in [4.78, 5) is 14.7. The molecule has 0 saturated carbocycles. The van der Waals surface area contributed by atoms with Crippen LogP contribution in [-0.4, -0.2) is 23.4 Å². The molecule has 0 unspecified atom stereocenters. The molecule has 1 rings (SSSR count). The number of benzene rings is 1. The molecule has 1 aromatic rings. The Morgan fingerprint density at radius 2 is 1.62 bits per heavy atom. The number of nitrogens with zero attached hydrogens (tertiary/aromatic N) is 1. The molecule has 0 spiro atoms. The molecule has 0 radical (unpaired) electrons. The van der Waals surface area contributed by atoms with Crippen molar-refractivity contribution >= 4 is 5.91 Å². The van der Waals surface area contributed by atoms with E-state index in [1.807, 2.05) is 24.3 Å². The quantitative estimate of drug-likeness (QED) is 0.798. The molecule has 0 aliphatic carbocycles. The Morgan fingerprint density at radius 3 is 2.05 bits per heavy atom. The molecule has 0 fully saturated rings. The zero-order valence-corrected chi connectivity index (χ0v) is 13.9. The van der Waals surface area contributed by atoms with Gasteiger partial charge in [0.05, 0.1) is 6.42 Å². The number of rotatable bonds is 8. The Balaban J connectivity index is 2.78. The Labute approximate surface area is 129 Å². The number of hydrogen-bond acceptors (Lipinski definition) is 2. The molecule has 1 amide bonds. The fourth-order valence-corrected chi connectivity index (χ4v) is 2.65. The molecule has 0 aromatic heterocycles. The maximum atomic E-state index is 12.7. The zero-order valence-electron chi connectivity index (χ0n) is 13.9. The monoisotopic (exact) mass is 290 g/mol. The predicted octanol–water partition coefficient (Wildman–Crippen LogP) is 3.36. The van der Waals surface area contributed by atoms with Crippen molar-refractivity contribution in [1.29, 1.82) is 0 Å². The average molecular weight is 290 g/mol. The lowest BCUT2D eigenvalue weighted by atomic mass is 10.0. The van der Waals surface area contributed by atoms with Crippen molar-refractivity contribution in [3.63, 3.8) is 0 Å². The molecule has 0 atom stereocenters. The highest BCUT2D eigenvalue weighted by Gasteiger charge is 2.21. The summed E-state index contributed by atoms with van der Waals surface area (Å²) in [6.45, 7) is 10.0. The van der Waals surface area contributed by atoms with Crippen molar-refractivity contribution in [2.45, 2.75) is 59.5 Å². The lowest BCUT2D eigenvalue weighted by molar-refractivity contribution is -0.133. The SMILES string of the molecule is CCC(CC)N(CC(C)C)C(=O)Cc1ccc(CN)cc1. The second kappa shape index (κ2) is 8.83. The highest BCUT2D eigenvalue weighted by Crippen LogP contribution is 2.14. The third kappa shape index (κ3) is 5.50. The molecule has 2 N–H and O–H groups in total. The first-order valence-corrected chi connectivity index (χ1v) is 8.09. The molecule has 3 nitrogen and oxygen atoms in total. The number of hydrogen-bond donors (Lipinski definition) is 1. The Morgan fingerprint density at radius 1 is 1.10 bits per heavy atom. The van der Waals surface area contributed by atoms with Crippen LogP contribution in [0.2, 0.25) is 0 Å². The Bertz CT molecular complexity index is 421. The average Bonchev–Trinajstić information content (AvgIpc) is 2.47. The van der Waals surface area contributed by atoms with E-state index < -0.39 is 0 Å². The summed E-state index contributed by atoms with van der Waals surface area (Å²) >= 11 is 0. The van der Waals surface area contributed by atoms with Gasteiger partial charge in [-0.3, -0.25) is 4.79 Å². The summed E-state index contributed by atoms with van der Waals surface area (Å²) in [5.41, 5.74) is 7.77. The number of carbonyl (C=O) groups is 1. The van der Waals surface area contributed by atoms with Gasteiger partial charge in [0.25, 0.3) is 0 Å². The van der Waals surface area contributed by atoms with Crippen molar-refractivity contribution in [3.8, 4) is 0 Å². The summed E-state index contributed by atoms with van der Waals surface area (Å²) in [7, 11) is 0. The molecule has 0 saturated heterocycles. The van der Waals surface area contributed by atoms with E-state index in [-0.39, 0.29) is 5.91 Å². The summed E-state index contributed by atoms with van der Waals surface area (Å²) < 4.78 is 0. The maximum absolute atomic E-state index is 12.7. The first-order valence-electron chi connectivity index (χ1n) is 8.09. The zero-order chi connectivity index (χ0) is 15.8. The molecule has 118 valence electrons. The van der Waals surface area contributed by atoms with Crippen LogP contribution in [0.4, 0.5) is 0 Å². The van der Waals surface area contributed by atoms with Crippen LogP contribution >= 0.6 is 0 Å². The van der Waals surface area contributed by atoms with Crippen LogP contribution in [0.1, 0.15) is 51.7 Å². The van der Waals surface area contributed by atoms with Crippen molar-refractivity contribution < 1.29 is 4.79 Å². The van der Waals surface area contributed by atoms with E-state index in [0.29, 0.717) is 24.9 Å². The Hall–Kier alpha value is -1.35. The van der Waals surface area contributed by atoms with Crippen LogP contribution in [0.3, 0.4) is 0 Å².